The van der Waals surface area contributed by atoms with E-state index < -0.39 is 4.92 Å². The van der Waals surface area contributed by atoms with E-state index in [-0.39, 0.29) is 11.6 Å². The smallest absolute Gasteiger partial charge is 0.271 e. The van der Waals surface area contributed by atoms with Gasteiger partial charge in [0.1, 0.15) is 0 Å². The lowest BCUT2D eigenvalue weighted by Gasteiger charge is -2.08. The number of nitro groups is 1. The molecule has 0 spiro atoms. The first-order valence-electron chi connectivity index (χ1n) is 6.99. The molecular formula is C16H17N3O3S. The largest absolute Gasteiger partial charge is 0.399 e. The minimum Gasteiger partial charge on any atom is -0.399 e. The Bertz CT molecular complexity index is 717. The summed E-state index contributed by atoms with van der Waals surface area (Å²) in [5.41, 5.74) is 7.54. The fraction of sp³-hybridized carbons (Fsp3) is 0.188. The van der Waals surface area contributed by atoms with Crippen molar-refractivity contribution in [3.05, 3.63) is 58.1 Å². The normalized spacial score (nSPS) is 10.3. The number of nitrogens with one attached hydrogen (secondary N) is 1. The van der Waals surface area contributed by atoms with Crippen molar-refractivity contribution in [1.29, 1.82) is 0 Å². The number of benzene rings is 2. The van der Waals surface area contributed by atoms with E-state index in [0.717, 1.165) is 10.5 Å². The molecule has 0 aliphatic heterocycles. The van der Waals surface area contributed by atoms with Crippen LogP contribution in [0.25, 0.3) is 0 Å². The molecule has 6 nitrogen and oxygen atoms in total. The number of anilines is 2. The Hall–Kier alpha value is -2.54. The number of carbonyl (C=O) groups is 1. The second kappa shape index (κ2) is 7.64. The summed E-state index contributed by atoms with van der Waals surface area (Å²) >= 11 is 1.56. The van der Waals surface area contributed by atoms with Crippen LogP contribution in [-0.4, -0.2) is 16.6 Å². The average Bonchev–Trinajstić information content (AvgIpc) is 2.51. The summed E-state index contributed by atoms with van der Waals surface area (Å²) in [7, 11) is 0. The fourth-order valence-electron chi connectivity index (χ4n) is 1.90. The maximum atomic E-state index is 12.0. The van der Waals surface area contributed by atoms with Crippen LogP contribution in [0, 0.1) is 17.0 Å². The van der Waals surface area contributed by atoms with Crippen LogP contribution in [-0.2, 0) is 4.79 Å². The highest BCUT2D eigenvalue weighted by Gasteiger charge is 2.11. The summed E-state index contributed by atoms with van der Waals surface area (Å²) in [4.78, 5) is 23.3. The summed E-state index contributed by atoms with van der Waals surface area (Å²) in [5.74, 6) is 0.445. The molecule has 2 aromatic rings. The van der Waals surface area contributed by atoms with Crippen LogP contribution in [0.4, 0.5) is 17.1 Å². The third kappa shape index (κ3) is 5.00. The Morgan fingerprint density at radius 1 is 1.26 bits per heavy atom. The average molecular weight is 331 g/mol. The maximum Gasteiger partial charge on any atom is 0.271 e. The number of nitrogen functional groups attached to an aromatic ring is 1. The van der Waals surface area contributed by atoms with Gasteiger partial charge in [0.25, 0.3) is 5.69 Å². The number of carbonyl (C=O) groups excluding carboxylic acids is 1. The van der Waals surface area contributed by atoms with Gasteiger partial charge >= 0.3 is 0 Å². The molecule has 1 amide bonds. The van der Waals surface area contributed by atoms with E-state index in [1.165, 1.54) is 12.1 Å². The van der Waals surface area contributed by atoms with E-state index in [0.29, 0.717) is 23.5 Å². The minimum absolute atomic E-state index is 0.0397. The molecule has 0 atom stereocenters. The molecule has 23 heavy (non-hydrogen) atoms. The van der Waals surface area contributed by atoms with Gasteiger partial charge in [0.15, 0.2) is 0 Å². The number of nitrogens with zero attached hydrogens (tertiary/aromatic N) is 1. The molecule has 2 aromatic carbocycles. The lowest BCUT2D eigenvalue weighted by atomic mass is 10.2. The molecule has 3 N–H and O–H groups in total. The summed E-state index contributed by atoms with van der Waals surface area (Å²) in [6.07, 6.45) is 0.317. The molecule has 0 radical (unpaired) electrons. The van der Waals surface area contributed by atoms with Crippen LogP contribution < -0.4 is 11.1 Å². The third-order valence-corrected chi connectivity index (χ3v) is 4.20. The Labute approximate surface area is 138 Å². The first kappa shape index (κ1) is 16.8. The molecule has 0 saturated carbocycles. The van der Waals surface area contributed by atoms with E-state index in [1.807, 2.05) is 24.3 Å². The van der Waals surface area contributed by atoms with Crippen LogP contribution in [0.15, 0.2) is 47.4 Å². The zero-order valence-corrected chi connectivity index (χ0v) is 13.4. The molecule has 7 heteroatoms. The molecule has 0 aliphatic rings. The highest BCUT2D eigenvalue weighted by atomic mass is 32.2. The van der Waals surface area contributed by atoms with Crippen molar-refractivity contribution in [2.45, 2.75) is 18.2 Å². The van der Waals surface area contributed by atoms with Crippen LogP contribution in [0.5, 0.6) is 0 Å². The molecule has 120 valence electrons. The Morgan fingerprint density at radius 3 is 2.61 bits per heavy atom. The van der Waals surface area contributed by atoms with E-state index in [1.54, 1.807) is 24.8 Å². The van der Waals surface area contributed by atoms with E-state index in [9.17, 15) is 14.9 Å². The number of hydrogen-bond acceptors (Lipinski definition) is 5. The number of hydrogen-bond donors (Lipinski definition) is 2. The van der Waals surface area contributed by atoms with Crippen LogP contribution >= 0.6 is 11.8 Å². The summed E-state index contributed by atoms with van der Waals surface area (Å²) in [6, 6.07) is 11.9. The molecule has 0 bridgehead atoms. The standard InChI is InChI=1S/C16H17N3O3S/c1-11-2-5-13(19(21)22)10-15(11)18-16(20)8-9-23-14-6-3-12(17)4-7-14/h2-7,10H,8-9,17H2,1H3,(H,18,20). The molecule has 0 aromatic heterocycles. The summed E-state index contributed by atoms with van der Waals surface area (Å²) < 4.78 is 0. The number of aryl methyl sites for hydroxylation is 1. The van der Waals surface area contributed by atoms with E-state index in [2.05, 4.69) is 5.32 Å². The highest BCUT2D eigenvalue weighted by Crippen LogP contribution is 2.23. The first-order chi connectivity index (χ1) is 11.0. The van der Waals surface area contributed by atoms with E-state index in [4.69, 9.17) is 5.73 Å². The fourth-order valence-corrected chi connectivity index (χ4v) is 2.75. The van der Waals surface area contributed by atoms with Gasteiger partial charge in [-0.15, -0.1) is 11.8 Å². The molecule has 2 rings (SSSR count). The zero-order valence-electron chi connectivity index (χ0n) is 12.6. The van der Waals surface area contributed by atoms with Crippen LogP contribution in [0.2, 0.25) is 0 Å². The monoisotopic (exact) mass is 331 g/mol. The minimum atomic E-state index is -0.480. The topological polar surface area (TPSA) is 98.3 Å². The predicted octanol–water partition coefficient (Wildman–Crippen LogP) is 3.61. The quantitative estimate of drug-likeness (QED) is 0.365. The van der Waals surface area contributed by atoms with Crippen molar-refractivity contribution in [3.8, 4) is 0 Å². The Morgan fingerprint density at radius 2 is 1.96 bits per heavy atom. The van der Waals surface area contributed by atoms with Gasteiger partial charge in [-0.2, -0.15) is 0 Å². The van der Waals surface area contributed by atoms with Crippen molar-refractivity contribution in [2.75, 3.05) is 16.8 Å². The van der Waals surface area contributed by atoms with Gasteiger partial charge in [-0.3, -0.25) is 14.9 Å². The van der Waals surface area contributed by atoms with Crippen molar-refractivity contribution in [2.24, 2.45) is 0 Å². The number of nitro benzene ring substituents is 1. The number of non-ortho nitro benzene ring substituents is 1. The van der Waals surface area contributed by atoms with E-state index >= 15 is 0 Å². The van der Waals surface area contributed by atoms with Crippen LogP contribution in [0.1, 0.15) is 12.0 Å². The van der Waals surface area contributed by atoms with Gasteiger partial charge in [0.05, 0.1) is 10.6 Å². The van der Waals surface area contributed by atoms with Gasteiger partial charge in [-0.1, -0.05) is 6.07 Å². The van der Waals surface area contributed by atoms with Crippen molar-refractivity contribution in [3.63, 3.8) is 0 Å². The van der Waals surface area contributed by atoms with Gasteiger partial charge in [0, 0.05) is 34.9 Å². The number of nitrogens with two attached hydrogens (primary N) is 1. The van der Waals surface area contributed by atoms with Gasteiger partial charge in [-0.05, 0) is 36.8 Å². The second-order valence-corrected chi connectivity index (χ2v) is 6.14. The van der Waals surface area contributed by atoms with Crippen molar-refractivity contribution < 1.29 is 9.72 Å². The number of thioether (sulfide) groups is 1. The SMILES string of the molecule is Cc1ccc([N+](=O)[O-])cc1NC(=O)CCSc1ccc(N)cc1. The molecule has 0 unspecified atom stereocenters. The van der Waals surface area contributed by atoms with Gasteiger partial charge in [-0.25, -0.2) is 0 Å². The third-order valence-electron chi connectivity index (χ3n) is 3.18. The molecule has 0 heterocycles. The molecule has 0 fully saturated rings. The molecule has 0 saturated heterocycles. The summed E-state index contributed by atoms with van der Waals surface area (Å²) in [6.45, 7) is 1.79. The Balaban J connectivity index is 1.88. The van der Waals surface area contributed by atoms with Crippen LogP contribution in [0.3, 0.4) is 0 Å². The van der Waals surface area contributed by atoms with Gasteiger partial charge in [0.2, 0.25) is 5.91 Å². The molecular weight excluding hydrogens is 314 g/mol. The van der Waals surface area contributed by atoms with Gasteiger partial charge < -0.3 is 11.1 Å². The van der Waals surface area contributed by atoms with Crippen molar-refractivity contribution >= 4 is 34.7 Å². The lowest BCUT2D eigenvalue weighted by Crippen LogP contribution is -2.13. The lowest BCUT2D eigenvalue weighted by molar-refractivity contribution is -0.384. The second-order valence-electron chi connectivity index (χ2n) is 4.97. The number of amides is 1. The zero-order chi connectivity index (χ0) is 16.8. The molecule has 0 aliphatic carbocycles. The first-order valence-corrected chi connectivity index (χ1v) is 7.97. The van der Waals surface area contributed by atoms with Crippen molar-refractivity contribution in [1.82, 2.24) is 0 Å². The predicted molar refractivity (Wildman–Crippen MR) is 92.7 cm³/mol. The maximum absolute atomic E-state index is 12.0. The summed E-state index contributed by atoms with van der Waals surface area (Å²) in [5, 5.41) is 13.5. The number of rotatable bonds is 6. The highest BCUT2D eigenvalue weighted by molar-refractivity contribution is 7.99. The Kier molecular flexibility index (Phi) is 5.59.